The van der Waals surface area contributed by atoms with Gasteiger partial charge in [-0.25, -0.2) is 4.79 Å². The van der Waals surface area contributed by atoms with E-state index in [1.54, 1.807) is 14.0 Å². The van der Waals surface area contributed by atoms with Crippen LogP contribution in [0, 0.1) is 11.3 Å². The molecule has 0 aromatic carbocycles. The molecule has 5 heteroatoms. The molecule has 0 rings (SSSR count). The minimum absolute atomic E-state index is 0.435. The lowest BCUT2D eigenvalue weighted by Gasteiger charge is -2.20. The highest BCUT2D eigenvalue weighted by Gasteiger charge is 2.05. The van der Waals surface area contributed by atoms with Gasteiger partial charge < -0.3 is 9.84 Å². The molecular formula is C11H18N2O3. The first-order valence-electron chi connectivity index (χ1n) is 5.08. The Morgan fingerprint density at radius 2 is 2.25 bits per heavy atom. The van der Waals surface area contributed by atoms with Crippen molar-refractivity contribution in [2.75, 3.05) is 33.4 Å². The summed E-state index contributed by atoms with van der Waals surface area (Å²) < 4.78 is 4.95. The molecular weight excluding hydrogens is 208 g/mol. The molecule has 0 radical (unpaired) electrons. The van der Waals surface area contributed by atoms with E-state index in [4.69, 9.17) is 15.1 Å². The van der Waals surface area contributed by atoms with E-state index in [9.17, 15) is 4.79 Å². The average Bonchev–Trinajstić information content (AvgIpc) is 2.20. The Morgan fingerprint density at radius 3 is 2.75 bits per heavy atom. The highest BCUT2D eigenvalue weighted by Crippen LogP contribution is 2.00. The van der Waals surface area contributed by atoms with Gasteiger partial charge >= 0.3 is 5.97 Å². The van der Waals surface area contributed by atoms with Gasteiger partial charge in [0.05, 0.1) is 12.7 Å². The molecule has 0 fully saturated rings. The maximum Gasteiger partial charge on any atom is 0.328 e. The van der Waals surface area contributed by atoms with Crippen LogP contribution in [-0.4, -0.2) is 49.3 Å². The topological polar surface area (TPSA) is 73.6 Å². The van der Waals surface area contributed by atoms with Crippen molar-refractivity contribution in [2.45, 2.75) is 13.3 Å². The molecule has 16 heavy (non-hydrogen) atoms. The van der Waals surface area contributed by atoms with Gasteiger partial charge in [-0.05, 0) is 6.92 Å². The molecule has 0 aliphatic rings. The standard InChI is InChI=1S/C11H18N2O3/c1-10(8-11(14)15)9-13(5-3-4-12)6-7-16-2/h8H,3,5-7,9H2,1-2H3,(H,14,15). The van der Waals surface area contributed by atoms with Crippen LogP contribution in [0.4, 0.5) is 0 Å². The SMILES string of the molecule is COCCN(CCC#N)CC(C)=CC(=O)O. The molecule has 0 aromatic heterocycles. The first-order chi connectivity index (χ1) is 7.60. The Labute approximate surface area is 95.9 Å². The number of carboxylic acids is 1. The van der Waals surface area contributed by atoms with E-state index in [0.29, 0.717) is 32.7 Å². The van der Waals surface area contributed by atoms with E-state index in [2.05, 4.69) is 6.07 Å². The fourth-order valence-electron chi connectivity index (χ4n) is 1.31. The maximum absolute atomic E-state index is 10.4. The van der Waals surface area contributed by atoms with Crippen molar-refractivity contribution < 1.29 is 14.6 Å². The molecule has 0 atom stereocenters. The molecule has 0 unspecified atom stereocenters. The van der Waals surface area contributed by atoms with Crippen LogP contribution in [0.3, 0.4) is 0 Å². The van der Waals surface area contributed by atoms with Gasteiger partial charge in [0.2, 0.25) is 0 Å². The van der Waals surface area contributed by atoms with Crippen molar-refractivity contribution in [1.29, 1.82) is 5.26 Å². The van der Waals surface area contributed by atoms with Crippen LogP contribution < -0.4 is 0 Å². The molecule has 1 N–H and O–H groups in total. The van der Waals surface area contributed by atoms with Gasteiger partial charge in [0.15, 0.2) is 0 Å². The maximum atomic E-state index is 10.4. The summed E-state index contributed by atoms with van der Waals surface area (Å²) in [5.41, 5.74) is 0.765. The first kappa shape index (κ1) is 14.6. The number of hydrogen-bond donors (Lipinski definition) is 1. The average molecular weight is 226 g/mol. The van der Waals surface area contributed by atoms with E-state index in [1.165, 1.54) is 6.08 Å². The number of ether oxygens (including phenoxy) is 1. The highest BCUT2D eigenvalue weighted by atomic mass is 16.5. The molecule has 0 bridgehead atoms. The minimum Gasteiger partial charge on any atom is -0.478 e. The summed E-state index contributed by atoms with van der Waals surface area (Å²) in [6.45, 7) is 4.22. The van der Waals surface area contributed by atoms with Gasteiger partial charge in [0.1, 0.15) is 0 Å². The summed E-state index contributed by atoms with van der Waals surface area (Å²) in [5.74, 6) is -0.940. The third-order valence-corrected chi connectivity index (χ3v) is 1.99. The second-order valence-corrected chi connectivity index (χ2v) is 3.51. The zero-order valence-corrected chi connectivity index (χ0v) is 9.77. The van der Waals surface area contributed by atoms with Crippen molar-refractivity contribution in [3.63, 3.8) is 0 Å². The smallest absolute Gasteiger partial charge is 0.328 e. The zero-order chi connectivity index (χ0) is 12.4. The molecule has 0 spiro atoms. The summed E-state index contributed by atoms with van der Waals surface area (Å²) in [4.78, 5) is 12.4. The highest BCUT2D eigenvalue weighted by molar-refractivity contribution is 5.80. The van der Waals surface area contributed by atoms with Crippen LogP contribution in [0.1, 0.15) is 13.3 Å². The fourth-order valence-corrected chi connectivity index (χ4v) is 1.31. The van der Waals surface area contributed by atoms with Gasteiger partial charge in [0.25, 0.3) is 0 Å². The van der Waals surface area contributed by atoms with Crippen molar-refractivity contribution in [3.8, 4) is 6.07 Å². The number of nitrogens with zero attached hydrogens (tertiary/aromatic N) is 2. The van der Waals surface area contributed by atoms with Gasteiger partial charge in [-0.3, -0.25) is 4.90 Å². The Morgan fingerprint density at radius 1 is 1.56 bits per heavy atom. The van der Waals surface area contributed by atoms with Crippen LogP contribution in [0.15, 0.2) is 11.6 Å². The van der Waals surface area contributed by atoms with E-state index >= 15 is 0 Å². The molecule has 0 saturated heterocycles. The van der Waals surface area contributed by atoms with E-state index in [0.717, 1.165) is 5.57 Å². The summed E-state index contributed by atoms with van der Waals surface area (Å²) in [5, 5.41) is 17.1. The Bertz CT molecular complexity index is 281. The van der Waals surface area contributed by atoms with Crippen molar-refractivity contribution >= 4 is 5.97 Å². The zero-order valence-electron chi connectivity index (χ0n) is 9.77. The van der Waals surface area contributed by atoms with Gasteiger partial charge in [0, 0.05) is 39.2 Å². The third-order valence-electron chi connectivity index (χ3n) is 1.99. The molecule has 5 nitrogen and oxygen atoms in total. The van der Waals surface area contributed by atoms with Gasteiger partial charge in [-0.1, -0.05) is 5.57 Å². The Hall–Kier alpha value is -1.38. The number of rotatable bonds is 8. The monoisotopic (exact) mass is 226 g/mol. The van der Waals surface area contributed by atoms with Crippen molar-refractivity contribution in [3.05, 3.63) is 11.6 Å². The lowest BCUT2D eigenvalue weighted by Crippen LogP contribution is -2.30. The predicted octanol–water partition coefficient (Wildman–Crippen LogP) is 0.879. The molecule has 0 heterocycles. The number of carbonyl (C=O) groups is 1. The summed E-state index contributed by atoms with van der Waals surface area (Å²) in [7, 11) is 1.61. The number of nitriles is 1. The Kier molecular flexibility index (Phi) is 8.12. The summed E-state index contributed by atoms with van der Waals surface area (Å²) >= 11 is 0. The number of methoxy groups -OCH3 is 1. The van der Waals surface area contributed by atoms with Crippen molar-refractivity contribution in [1.82, 2.24) is 4.90 Å². The van der Waals surface area contributed by atoms with E-state index in [1.807, 2.05) is 4.90 Å². The number of carboxylic acid groups (broad SMARTS) is 1. The second-order valence-electron chi connectivity index (χ2n) is 3.51. The van der Waals surface area contributed by atoms with E-state index < -0.39 is 5.97 Å². The molecule has 0 aliphatic carbocycles. The molecule has 0 aliphatic heterocycles. The van der Waals surface area contributed by atoms with Gasteiger partial charge in [-0.2, -0.15) is 5.26 Å². The summed E-state index contributed by atoms with van der Waals surface area (Å²) in [6, 6.07) is 2.07. The lowest BCUT2D eigenvalue weighted by atomic mass is 10.2. The fraction of sp³-hybridized carbons (Fsp3) is 0.636. The molecule has 0 aromatic rings. The third kappa shape index (κ3) is 7.97. The quantitative estimate of drug-likeness (QED) is 0.622. The van der Waals surface area contributed by atoms with Crippen LogP contribution in [0.5, 0.6) is 0 Å². The second kappa shape index (κ2) is 8.89. The van der Waals surface area contributed by atoms with E-state index in [-0.39, 0.29) is 0 Å². The van der Waals surface area contributed by atoms with Crippen LogP contribution in [0.2, 0.25) is 0 Å². The first-order valence-corrected chi connectivity index (χ1v) is 5.08. The number of hydrogen-bond acceptors (Lipinski definition) is 4. The van der Waals surface area contributed by atoms with Crippen LogP contribution >= 0.6 is 0 Å². The molecule has 0 saturated carbocycles. The lowest BCUT2D eigenvalue weighted by molar-refractivity contribution is -0.131. The molecule has 0 amide bonds. The van der Waals surface area contributed by atoms with Crippen LogP contribution in [0.25, 0.3) is 0 Å². The van der Waals surface area contributed by atoms with Gasteiger partial charge in [-0.15, -0.1) is 0 Å². The van der Waals surface area contributed by atoms with Crippen LogP contribution in [-0.2, 0) is 9.53 Å². The van der Waals surface area contributed by atoms with Crippen molar-refractivity contribution in [2.24, 2.45) is 0 Å². The largest absolute Gasteiger partial charge is 0.478 e. The predicted molar refractivity (Wildman–Crippen MR) is 59.9 cm³/mol. The Balaban J connectivity index is 4.18. The summed E-state index contributed by atoms with van der Waals surface area (Å²) in [6.07, 6.45) is 1.62. The minimum atomic E-state index is -0.940. The normalized spacial score (nSPS) is 11.5. The molecule has 90 valence electrons. The number of aliphatic carboxylic acids is 1.